The number of carbonyl (C=O) groups excluding carboxylic acids is 2. The van der Waals surface area contributed by atoms with Crippen molar-refractivity contribution in [2.24, 2.45) is 0 Å². The van der Waals surface area contributed by atoms with Crippen LogP contribution in [0.3, 0.4) is 0 Å². The molecule has 0 saturated carbocycles. The van der Waals surface area contributed by atoms with Gasteiger partial charge in [0.15, 0.2) is 0 Å². The predicted octanol–water partition coefficient (Wildman–Crippen LogP) is 1.15. The van der Waals surface area contributed by atoms with Gasteiger partial charge in [0.2, 0.25) is 11.8 Å². The van der Waals surface area contributed by atoms with Crippen LogP contribution in [0.4, 0.5) is 0 Å². The lowest BCUT2D eigenvalue weighted by molar-refractivity contribution is -0.134. The molecule has 0 bridgehead atoms. The monoisotopic (exact) mass is 292 g/mol. The molecule has 0 unspecified atom stereocenters. The van der Waals surface area contributed by atoms with E-state index in [1.165, 1.54) is 4.90 Å². The number of likely N-dealkylation sites (N-methyl/N-ethyl adjacent to an activating group) is 1. The second kappa shape index (κ2) is 9.13. The van der Waals surface area contributed by atoms with Gasteiger partial charge in [0.1, 0.15) is 0 Å². The van der Waals surface area contributed by atoms with Crippen molar-refractivity contribution in [3.63, 3.8) is 0 Å². The molecule has 116 valence electrons. The maximum Gasteiger partial charge on any atom is 0.239 e. The lowest BCUT2D eigenvalue weighted by Gasteiger charge is -2.17. The van der Waals surface area contributed by atoms with Gasteiger partial charge in [0.05, 0.1) is 13.0 Å². The third kappa shape index (κ3) is 6.90. The predicted molar refractivity (Wildman–Crippen MR) is 82.0 cm³/mol. The molecule has 0 aliphatic heterocycles. The lowest BCUT2D eigenvalue weighted by Crippen LogP contribution is -2.39. The summed E-state index contributed by atoms with van der Waals surface area (Å²) in [6.07, 6.45) is 1.08. The third-order valence-electron chi connectivity index (χ3n) is 3.13. The zero-order valence-electron chi connectivity index (χ0n) is 13.0. The van der Waals surface area contributed by atoms with Crippen molar-refractivity contribution in [1.29, 1.82) is 0 Å². The van der Waals surface area contributed by atoms with Gasteiger partial charge >= 0.3 is 0 Å². The largest absolute Gasteiger partial charge is 0.385 e. The van der Waals surface area contributed by atoms with Crippen molar-refractivity contribution in [2.75, 3.05) is 33.9 Å². The minimum absolute atomic E-state index is 0.0640. The molecule has 0 heterocycles. The Bertz CT molecular complexity index is 457. The Morgan fingerprint density at radius 2 is 1.90 bits per heavy atom. The molecule has 0 spiro atoms. The Balaban J connectivity index is 2.33. The molecule has 0 saturated heterocycles. The van der Waals surface area contributed by atoms with Crippen LogP contribution in [0.5, 0.6) is 0 Å². The van der Waals surface area contributed by atoms with Crippen molar-refractivity contribution < 1.29 is 14.3 Å². The molecule has 1 aromatic rings. The highest BCUT2D eigenvalue weighted by Crippen LogP contribution is 2.05. The fourth-order valence-corrected chi connectivity index (χ4v) is 1.82. The lowest BCUT2D eigenvalue weighted by atomic mass is 10.1. The first-order valence-electron chi connectivity index (χ1n) is 7.08. The summed E-state index contributed by atoms with van der Waals surface area (Å²) in [6.45, 7) is 3.26. The molecule has 5 nitrogen and oxygen atoms in total. The van der Waals surface area contributed by atoms with Crippen molar-refractivity contribution in [3.8, 4) is 0 Å². The number of methoxy groups -OCH3 is 1. The number of ether oxygens (including phenoxy) is 1. The highest BCUT2D eigenvalue weighted by atomic mass is 16.5. The van der Waals surface area contributed by atoms with Crippen LogP contribution >= 0.6 is 0 Å². The van der Waals surface area contributed by atoms with Crippen LogP contribution in [0.15, 0.2) is 24.3 Å². The molecule has 0 aromatic heterocycles. The Kier molecular flexibility index (Phi) is 7.46. The highest BCUT2D eigenvalue weighted by molar-refractivity contribution is 5.85. The second-order valence-corrected chi connectivity index (χ2v) is 5.11. The molecule has 1 aromatic carbocycles. The van der Waals surface area contributed by atoms with E-state index in [9.17, 15) is 9.59 Å². The van der Waals surface area contributed by atoms with Gasteiger partial charge in [-0.3, -0.25) is 9.59 Å². The maximum atomic E-state index is 12.0. The summed E-state index contributed by atoms with van der Waals surface area (Å²) < 4.78 is 4.90. The fourth-order valence-electron chi connectivity index (χ4n) is 1.82. The first-order valence-corrected chi connectivity index (χ1v) is 7.08. The Hall–Kier alpha value is -1.88. The summed E-state index contributed by atoms with van der Waals surface area (Å²) in [5, 5.41) is 2.76. The van der Waals surface area contributed by atoms with E-state index in [1.807, 2.05) is 31.2 Å². The molecule has 0 aliphatic carbocycles. The highest BCUT2D eigenvalue weighted by Gasteiger charge is 2.13. The standard InChI is InChI=1S/C16H24N2O3/c1-13-5-7-14(8-6-13)11-16(20)18(2)12-15(19)17-9-4-10-21-3/h5-8H,4,9-12H2,1-3H3,(H,17,19). The summed E-state index contributed by atoms with van der Waals surface area (Å²) in [7, 11) is 3.27. The van der Waals surface area contributed by atoms with Gasteiger partial charge in [-0.15, -0.1) is 0 Å². The number of hydrogen-bond donors (Lipinski definition) is 1. The smallest absolute Gasteiger partial charge is 0.239 e. The van der Waals surface area contributed by atoms with Gasteiger partial charge in [0, 0.05) is 27.3 Å². The average Bonchev–Trinajstić information content (AvgIpc) is 2.46. The summed E-state index contributed by atoms with van der Waals surface area (Å²) in [4.78, 5) is 25.2. The van der Waals surface area contributed by atoms with Gasteiger partial charge in [-0.05, 0) is 18.9 Å². The normalized spacial score (nSPS) is 10.2. The van der Waals surface area contributed by atoms with Crippen LogP contribution in [0.1, 0.15) is 17.5 Å². The van der Waals surface area contributed by atoms with Crippen LogP contribution in [0, 0.1) is 6.92 Å². The van der Waals surface area contributed by atoms with E-state index >= 15 is 0 Å². The van der Waals surface area contributed by atoms with Gasteiger partial charge in [-0.2, -0.15) is 0 Å². The molecule has 5 heteroatoms. The number of nitrogens with one attached hydrogen (secondary N) is 1. The van der Waals surface area contributed by atoms with Crippen molar-refractivity contribution in [2.45, 2.75) is 19.8 Å². The molecule has 0 fully saturated rings. The molecule has 0 atom stereocenters. The Morgan fingerprint density at radius 1 is 1.24 bits per heavy atom. The number of amides is 2. The number of rotatable bonds is 8. The number of nitrogens with zero attached hydrogens (tertiary/aromatic N) is 1. The zero-order chi connectivity index (χ0) is 15.7. The van der Waals surface area contributed by atoms with Gasteiger partial charge in [0.25, 0.3) is 0 Å². The van der Waals surface area contributed by atoms with E-state index in [1.54, 1.807) is 14.2 Å². The number of benzene rings is 1. The maximum absolute atomic E-state index is 12.0. The first kappa shape index (κ1) is 17.2. The second-order valence-electron chi connectivity index (χ2n) is 5.11. The van der Waals surface area contributed by atoms with Crippen LogP contribution in [0.25, 0.3) is 0 Å². The quantitative estimate of drug-likeness (QED) is 0.731. The topological polar surface area (TPSA) is 58.6 Å². The number of hydrogen-bond acceptors (Lipinski definition) is 3. The average molecular weight is 292 g/mol. The fraction of sp³-hybridized carbons (Fsp3) is 0.500. The summed E-state index contributed by atoms with van der Waals surface area (Å²) in [5.74, 6) is -0.211. The van der Waals surface area contributed by atoms with E-state index in [2.05, 4.69) is 5.32 Å². The molecule has 1 rings (SSSR count). The summed E-state index contributed by atoms with van der Waals surface area (Å²) >= 11 is 0. The summed E-state index contributed by atoms with van der Waals surface area (Å²) in [5.41, 5.74) is 2.12. The molecule has 21 heavy (non-hydrogen) atoms. The summed E-state index contributed by atoms with van der Waals surface area (Å²) in [6, 6.07) is 7.83. The van der Waals surface area contributed by atoms with Crippen molar-refractivity contribution in [3.05, 3.63) is 35.4 Å². The van der Waals surface area contributed by atoms with E-state index < -0.39 is 0 Å². The van der Waals surface area contributed by atoms with E-state index in [4.69, 9.17) is 4.74 Å². The first-order chi connectivity index (χ1) is 10.0. The minimum atomic E-state index is -0.147. The number of carbonyl (C=O) groups is 2. The van der Waals surface area contributed by atoms with Crippen LogP contribution < -0.4 is 5.32 Å². The van der Waals surface area contributed by atoms with Crippen LogP contribution in [-0.2, 0) is 20.7 Å². The number of aryl methyl sites for hydroxylation is 1. The van der Waals surface area contributed by atoms with Gasteiger partial charge in [-0.1, -0.05) is 29.8 Å². The van der Waals surface area contributed by atoms with E-state index in [0.717, 1.165) is 17.5 Å². The molecule has 2 amide bonds. The van der Waals surface area contributed by atoms with Crippen molar-refractivity contribution >= 4 is 11.8 Å². The van der Waals surface area contributed by atoms with Gasteiger partial charge in [-0.25, -0.2) is 0 Å². The molecule has 0 radical (unpaired) electrons. The van der Waals surface area contributed by atoms with Crippen LogP contribution in [-0.4, -0.2) is 50.6 Å². The Labute approximate surface area is 126 Å². The SMILES string of the molecule is COCCCNC(=O)CN(C)C(=O)Cc1ccc(C)cc1. The van der Waals surface area contributed by atoms with Crippen molar-refractivity contribution in [1.82, 2.24) is 10.2 Å². The zero-order valence-corrected chi connectivity index (χ0v) is 13.0. The Morgan fingerprint density at radius 3 is 2.52 bits per heavy atom. The third-order valence-corrected chi connectivity index (χ3v) is 3.13. The molecule has 0 aliphatic rings. The molecule has 1 N–H and O–H groups in total. The molecular formula is C16H24N2O3. The van der Waals surface area contributed by atoms with Gasteiger partial charge < -0.3 is 15.0 Å². The minimum Gasteiger partial charge on any atom is -0.385 e. The van der Waals surface area contributed by atoms with Crippen LogP contribution in [0.2, 0.25) is 0 Å². The van der Waals surface area contributed by atoms with E-state index in [0.29, 0.717) is 19.6 Å². The molecular weight excluding hydrogens is 268 g/mol. The van der Waals surface area contributed by atoms with E-state index in [-0.39, 0.29) is 18.4 Å².